The molecule has 5 heteroatoms. The van der Waals surface area contributed by atoms with Gasteiger partial charge in [-0.05, 0) is 25.2 Å². The van der Waals surface area contributed by atoms with Crippen molar-refractivity contribution < 1.29 is 4.79 Å². The highest BCUT2D eigenvalue weighted by Crippen LogP contribution is 2.17. The molecule has 5 nitrogen and oxygen atoms in total. The van der Waals surface area contributed by atoms with Crippen LogP contribution in [0.2, 0.25) is 0 Å². The summed E-state index contributed by atoms with van der Waals surface area (Å²) in [6.45, 7) is 16.7. The number of aryl methyl sites for hydroxylation is 2. The molecule has 1 aromatic rings. The third kappa shape index (κ3) is 5.78. The Morgan fingerprint density at radius 2 is 1.95 bits per heavy atom. The van der Waals surface area contributed by atoms with Crippen molar-refractivity contribution >= 4 is 6.03 Å². The fraction of sp³-hybridized carbons (Fsp3) is 0.750. The Morgan fingerprint density at radius 3 is 2.38 bits per heavy atom. The Morgan fingerprint density at radius 1 is 1.33 bits per heavy atom. The van der Waals surface area contributed by atoms with E-state index in [2.05, 4.69) is 50.1 Å². The minimum absolute atomic E-state index is 0.00127. The van der Waals surface area contributed by atoms with Crippen molar-refractivity contribution in [2.24, 2.45) is 11.3 Å². The topological polar surface area (TPSA) is 61.0 Å². The Labute approximate surface area is 128 Å². The van der Waals surface area contributed by atoms with Gasteiger partial charge >= 0.3 is 6.03 Å². The zero-order valence-corrected chi connectivity index (χ0v) is 14.5. The predicted octanol–water partition coefficient (Wildman–Crippen LogP) is 3.24. The molecule has 120 valence electrons. The van der Waals surface area contributed by atoms with E-state index >= 15 is 0 Å². The number of nitrogens with zero attached hydrogens (tertiary/aromatic N) is 2. The van der Waals surface area contributed by atoms with Gasteiger partial charge in [-0.2, -0.15) is 5.10 Å². The van der Waals surface area contributed by atoms with Crippen LogP contribution in [0, 0.1) is 25.2 Å². The molecule has 0 unspecified atom stereocenters. The summed E-state index contributed by atoms with van der Waals surface area (Å²) >= 11 is 0. The van der Waals surface area contributed by atoms with Gasteiger partial charge in [0.1, 0.15) is 0 Å². The van der Waals surface area contributed by atoms with E-state index in [0.717, 1.165) is 30.0 Å². The highest BCUT2D eigenvalue weighted by molar-refractivity contribution is 5.74. The number of carbonyl (C=O) groups is 1. The molecule has 1 rings (SSSR count). The van der Waals surface area contributed by atoms with Crippen LogP contribution in [0.3, 0.4) is 0 Å². The number of hydrogen-bond acceptors (Lipinski definition) is 2. The summed E-state index contributed by atoms with van der Waals surface area (Å²) in [5, 5.41) is 10.1. The fourth-order valence-electron chi connectivity index (χ4n) is 2.34. The summed E-state index contributed by atoms with van der Waals surface area (Å²) in [6.07, 6.45) is 0. The minimum Gasteiger partial charge on any atom is -0.334 e. The lowest BCUT2D eigenvalue weighted by molar-refractivity contribution is 0.164. The number of hydrogen-bond donors (Lipinski definition) is 2. The second-order valence-electron chi connectivity index (χ2n) is 7.41. The van der Waals surface area contributed by atoms with Crippen LogP contribution in [0.4, 0.5) is 4.79 Å². The van der Waals surface area contributed by atoms with Crippen LogP contribution in [0.15, 0.2) is 0 Å². The molecule has 0 aliphatic rings. The van der Waals surface area contributed by atoms with Crippen molar-refractivity contribution in [1.29, 1.82) is 0 Å². The summed E-state index contributed by atoms with van der Waals surface area (Å²) < 4.78 is 0. The second-order valence-corrected chi connectivity index (χ2v) is 7.41. The lowest BCUT2D eigenvalue weighted by Gasteiger charge is -2.31. The van der Waals surface area contributed by atoms with E-state index in [4.69, 9.17) is 0 Å². The Hall–Kier alpha value is -1.52. The molecule has 0 saturated carbocycles. The van der Waals surface area contributed by atoms with E-state index in [-0.39, 0.29) is 11.4 Å². The van der Waals surface area contributed by atoms with E-state index in [1.807, 2.05) is 18.7 Å². The summed E-state index contributed by atoms with van der Waals surface area (Å²) in [5.74, 6) is 0.454. The maximum atomic E-state index is 12.5. The first-order valence-electron chi connectivity index (χ1n) is 7.63. The highest BCUT2D eigenvalue weighted by atomic mass is 16.2. The third-order valence-electron chi connectivity index (χ3n) is 3.24. The molecular weight excluding hydrogens is 264 g/mol. The van der Waals surface area contributed by atoms with Crippen LogP contribution in [-0.2, 0) is 6.54 Å². The van der Waals surface area contributed by atoms with Crippen LogP contribution >= 0.6 is 0 Å². The third-order valence-corrected chi connectivity index (χ3v) is 3.24. The van der Waals surface area contributed by atoms with Gasteiger partial charge in [0.15, 0.2) is 0 Å². The van der Waals surface area contributed by atoms with E-state index in [0.29, 0.717) is 12.5 Å². The number of amides is 2. The van der Waals surface area contributed by atoms with E-state index < -0.39 is 0 Å². The van der Waals surface area contributed by atoms with Crippen LogP contribution < -0.4 is 5.32 Å². The van der Waals surface area contributed by atoms with E-state index in [1.54, 1.807) is 0 Å². The van der Waals surface area contributed by atoms with Gasteiger partial charge in [-0.25, -0.2) is 4.79 Å². The van der Waals surface area contributed by atoms with Crippen LogP contribution in [0.25, 0.3) is 0 Å². The molecule has 2 N–H and O–H groups in total. The number of carbonyl (C=O) groups excluding carboxylic acids is 1. The summed E-state index contributed by atoms with van der Waals surface area (Å²) in [4.78, 5) is 14.4. The van der Waals surface area contributed by atoms with Crippen LogP contribution in [0.1, 0.15) is 51.6 Å². The van der Waals surface area contributed by atoms with Gasteiger partial charge in [0.25, 0.3) is 0 Å². The van der Waals surface area contributed by atoms with Crippen LogP contribution in [0.5, 0.6) is 0 Å². The van der Waals surface area contributed by atoms with Crippen molar-refractivity contribution in [3.05, 3.63) is 17.0 Å². The van der Waals surface area contributed by atoms with Gasteiger partial charge in [0.2, 0.25) is 0 Å². The quantitative estimate of drug-likeness (QED) is 0.875. The largest absolute Gasteiger partial charge is 0.334 e. The monoisotopic (exact) mass is 294 g/mol. The first-order valence-corrected chi connectivity index (χ1v) is 7.63. The van der Waals surface area contributed by atoms with E-state index in [9.17, 15) is 4.79 Å². The Bertz CT molecular complexity index is 452. The number of urea groups is 1. The van der Waals surface area contributed by atoms with Gasteiger partial charge < -0.3 is 10.2 Å². The number of H-pyrrole nitrogens is 1. The fourth-order valence-corrected chi connectivity index (χ4v) is 2.34. The number of nitrogens with one attached hydrogen (secondary N) is 2. The number of aromatic amines is 1. The molecule has 21 heavy (non-hydrogen) atoms. The number of rotatable bonds is 5. The molecule has 1 heterocycles. The standard InChI is InChI=1S/C16H30N4O/c1-11(2)9-20(10-16(5,6)7)15(21)17-8-14-12(3)18-19-13(14)4/h11H,8-10H2,1-7H3,(H,17,21)(H,18,19). The van der Waals surface area contributed by atoms with Crippen molar-refractivity contribution in [3.8, 4) is 0 Å². The molecule has 0 spiro atoms. The highest BCUT2D eigenvalue weighted by Gasteiger charge is 2.22. The lowest BCUT2D eigenvalue weighted by atomic mass is 9.96. The van der Waals surface area contributed by atoms with Gasteiger partial charge in [-0.15, -0.1) is 0 Å². The molecule has 0 atom stereocenters. The summed E-state index contributed by atoms with van der Waals surface area (Å²) in [7, 11) is 0. The first-order chi connectivity index (χ1) is 9.60. The average molecular weight is 294 g/mol. The van der Waals surface area contributed by atoms with Crippen molar-refractivity contribution in [1.82, 2.24) is 20.4 Å². The zero-order valence-electron chi connectivity index (χ0n) is 14.5. The van der Waals surface area contributed by atoms with Crippen molar-refractivity contribution in [3.63, 3.8) is 0 Å². The molecule has 0 bridgehead atoms. The molecule has 1 aromatic heterocycles. The molecular formula is C16H30N4O. The molecule has 0 aliphatic heterocycles. The van der Waals surface area contributed by atoms with Crippen LogP contribution in [-0.4, -0.2) is 34.2 Å². The Balaban J connectivity index is 2.68. The van der Waals surface area contributed by atoms with E-state index in [1.165, 1.54) is 0 Å². The summed E-state index contributed by atoms with van der Waals surface area (Å²) in [6, 6.07) is -0.00127. The first kappa shape index (κ1) is 17.5. The smallest absolute Gasteiger partial charge is 0.317 e. The van der Waals surface area contributed by atoms with Gasteiger partial charge in [0.05, 0.1) is 5.69 Å². The predicted molar refractivity (Wildman–Crippen MR) is 86.2 cm³/mol. The van der Waals surface area contributed by atoms with Gasteiger partial charge in [-0.3, -0.25) is 5.10 Å². The average Bonchev–Trinajstić information content (AvgIpc) is 2.63. The molecule has 0 saturated heterocycles. The van der Waals surface area contributed by atoms with Crippen molar-refractivity contribution in [2.45, 2.75) is 55.0 Å². The maximum Gasteiger partial charge on any atom is 0.317 e. The maximum absolute atomic E-state index is 12.5. The number of aromatic nitrogens is 2. The zero-order chi connectivity index (χ0) is 16.2. The SMILES string of the molecule is Cc1n[nH]c(C)c1CNC(=O)N(CC(C)C)CC(C)(C)C. The molecule has 2 amide bonds. The second kappa shape index (κ2) is 6.96. The molecule has 0 radical (unpaired) electrons. The Kier molecular flexibility index (Phi) is 5.81. The molecule has 0 fully saturated rings. The normalized spacial score (nSPS) is 11.8. The molecule has 0 aliphatic carbocycles. The van der Waals surface area contributed by atoms with Crippen molar-refractivity contribution in [2.75, 3.05) is 13.1 Å². The van der Waals surface area contributed by atoms with Gasteiger partial charge in [-0.1, -0.05) is 34.6 Å². The molecule has 0 aromatic carbocycles. The minimum atomic E-state index is -0.00127. The summed E-state index contributed by atoms with van der Waals surface area (Å²) in [5.41, 5.74) is 3.12. The van der Waals surface area contributed by atoms with Gasteiger partial charge in [0, 0.05) is 30.9 Å². The lowest BCUT2D eigenvalue weighted by Crippen LogP contribution is -2.45.